The summed E-state index contributed by atoms with van der Waals surface area (Å²) in [5.74, 6) is -1.01. The Morgan fingerprint density at radius 3 is 1.76 bits per heavy atom. The van der Waals surface area contributed by atoms with Crippen molar-refractivity contribution in [2.75, 3.05) is 6.61 Å². The predicted octanol–water partition coefficient (Wildman–Crippen LogP) is 3.04. The quantitative estimate of drug-likeness (QED) is 0.643. The molecule has 0 saturated carbocycles. The lowest BCUT2D eigenvalue weighted by molar-refractivity contribution is -0.153. The van der Waals surface area contributed by atoms with E-state index in [4.69, 9.17) is 4.74 Å². The fourth-order valence-electron chi connectivity index (χ4n) is 1.44. The van der Waals surface area contributed by atoms with E-state index in [0.717, 1.165) is 25.0 Å². The smallest absolute Gasteiger partial charge is 0.331 e. The Kier molecular flexibility index (Phi) is 8.29. The highest BCUT2D eigenvalue weighted by molar-refractivity contribution is 5.92. The van der Waals surface area contributed by atoms with Crippen molar-refractivity contribution in [1.82, 2.24) is 0 Å². The molecule has 1 unspecified atom stereocenters. The minimum Gasteiger partial charge on any atom is -0.459 e. The van der Waals surface area contributed by atoms with E-state index in [-0.39, 0.29) is 12.7 Å². The third kappa shape index (κ3) is 9.21. The summed E-state index contributed by atoms with van der Waals surface area (Å²) >= 11 is 0. The molecule has 0 aromatic carbocycles. The van der Waals surface area contributed by atoms with Crippen molar-refractivity contribution in [2.45, 2.75) is 25.9 Å². The number of ether oxygens (including phenoxy) is 2. The van der Waals surface area contributed by atoms with Gasteiger partial charge in [-0.2, -0.15) is 0 Å². The number of cyclic esters (lactones) is 2. The Hall–Kier alpha value is -2.36. The minimum absolute atomic E-state index is 0.120. The van der Waals surface area contributed by atoms with Crippen LogP contribution in [0.2, 0.25) is 0 Å². The molecule has 0 spiro atoms. The van der Waals surface area contributed by atoms with Gasteiger partial charge in [0.2, 0.25) is 0 Å². The maximum Gasteiger partial charge on any atom is 0.331 e. The van der Waals surface area contributed by atoms with E-state index < -0.39 is 11.9 Å². The molecule has 4 heteroatoms. The third-order valence-electron chi connectivity index (χ3n) is 2.44. The summed E-state index contributed by atoms with van der Waals surface area (Å²) in [6.07, 6.45) is 20.7. The van der Waals surface area contributed by atoms with Crippen LogP contribution < -0.4 is 0 Å². The lowest BCUT2D eigenvalue weighted by Gasteiger charge is -2.13. The summed E-state index contributed by atoms with van der Waals surface area (Å²) in [4.78, 5) is 21.3. The standard InChI is InChI=1S/C7H8O4.2C5H6/c1-5-4-10-6(8)2-3-7(9)11-5;2*1-2-4-5-3-1/h2-3,5H,4H2,1H3;2*1-4H,5H2. The van der Waals surface area contributed by atoms with Gasteiger partial charge >= 0.3 is 11.9 Å². The van der Waals surface area contributed by atoms with Gasteiger partial charge in [-0.3, -0.25) is 0 Å². The first kappa shape index (κ1) is 16.7. The Balaban J connectivity index is 0.000000181. The Bertz CT molecular complexity index is 439. The van der Waals surface area contributed by atoms with Crippen LogP contribution >= 0.6 is 0 Å². The molecule has 4 nitrogen and oxygen atoms in total. The van der Waals surface area contributed by atoms with E-state index in [0.29, 0.717) is 0 Å². The molecule has 3 aliphatic rings. The SMILES string of the molecule is C1=CCC=C1.C1=CCC=C1.CC1COC(=O)C=CC(=O)O1. The summed E-state index contributed by atoms with van der Waals surface area (Å²) in [5, 5.41) is 0. The second-order valence-corrected chi connectivity index (χ2v) is 4.39. The molecule has 0 N–H and O–H groups in total. The molecule has 0 saturated heterocycles. The van der Waals surface area contributed by atoms with Crippen molar-refractivity contribution < 1.29 is 19.1 Å². The molecule has 1 aliphatic heterocycles. The van der Waals surface area contributed by atoms with E-state index in [2.05, 4.69) is 53.3 Å². The first-order valence-corrected chi connectivity index (χ1v) is 6.87. The van der Waals surface area contributed by atoms with Crippen LogP contribution in [0.1, 0.15) is 19.8 Å². The molecule has 0 aromatic heterocycles. The topological polar surface area (TPSA) is 52.6 Å². The zero-order valence-electron chi connectivity index (χ0n) is 12.1. The van der Waals surface area contributed by atoms with E-state index >= 15 is 0 Å². The van der Waals surface area contributed by atoms with E-state index in [1.54, 1.807) is 6.92 Å². The summed E-state index contributed by atoms with van der Waals surface area (Å²) in [7, 11) is 0. The normalized spacial score (nSPS) is 21.5. The van der Waals surface area contributed by atoms with Gasteiger partial charge in [0, 0.05) is 12.2 Å². The largest absolute Gasteiger partial charge is 0.459 e. The molecule has 1 heterocycles. The van der Waals surface area contributed by atoms with Gasteiger partial charge in [0.25, 0.3) is 0 Å². The van der Waals surface area contributed by atoms with Crippen LogP contribution in [0.15, 0.2) is 60.8 Å². The second kappa shape index (κ2) is 10.4. The number of hydrogen-bond donors (Lipinski definition) is 0. The summed E-state index contributed by atoms with van der Waals surface area (Å²) in [6.45, 7) is 1.78. The van der Waals surface area contributed by atoms with Crippen LogP contribution in [-0.2, 0) is 19.1 Å². The third-order valence-corrected chi connectivity index (χ3v) is 2.44. The van der Waals surface area contributed by atoms with Gasteiger partial charge < -0.3 is 9.47 Å². The molecule has 1 atom stereocenters. The van der Waals surface area contributed by atoms with Gasteiger partial charge in [-0.25, -0.2) is 9.59 Å². The van der Waals surface area contributed by atoms with Crippen LogP contribution in [0.3, 0.4) is 0 Å². The maximum atomic E-state index is 10.7. The van der Waals surface area contributed by atoms with E-state index in [9.17, 15) is 9.59 Å². The number of hydrogen-bond acceptors (Lipinski definition) is 4. The molecular weight excluding hydrogens is 268 g/mol. The number of esters is 2. The lowest BCUT2D eigenvalue weighted by Crippen LogP contribution is -2.23. The van der Waals surface area contributed by atoms with Crippen LogP contribution in [0.5, 0.6) is 0 Å². The molecule has 0 fully saturated rings. The van der Waals surface area contributed by atoms with E-state index in [1.165, 1.54) is 0 Å². The number of allylic oxidation sites excluding steroid dienone is 8. The molecule has 21 heavy (non-hydrogen) atoms. The van der Waals surface area contributed by atoms with Crippen molar-refractivity contribution in [3.63, 3.8) is 0 Å². The highest BCUT2D eigenvalue weighted by Gasteiger charge is 2.12. The average molecular weight is 288 g/mol. The molecule has 2 aliphatic carbocycles. The Morgan fingerprint density at radius 1 is 0.857 bits per heavy atom. The molecular formula is C17H20O4. The van der Waals surface area contributed by atoms with Gasteiger partial charge in [-0.1, -0.05) is 48.6 Å². The fourth-order valence-corrected chi connectivity index (χ4v) is 1.44. The minimum atomic E-state index is -0.506. The molecule has 0 radical (unpaired) electrons. The lowest BCUT2D eigenvalue weighted by atomic mass is 10.4. The maximum absolute atomic E-state index is 10.7. The van der Waals surface area contributed by atoms with Gasteiger partial charge in [0.15, 0.2) is 0 Å². The molecule has 112 valence electrons. The second-order valence-electron chi connectivity index (χ2n) is 4.39. The summed E-state index contributed by atoms with van der Waals surface area (Å²) in [6, 6.07) is 0. The molecule has 0 amide bonds. The molecule has 0 aromatic rings. The van der Waals surface area contributed by atoms with Gasteiger partial charge in [-0.15, -0.1) is 0 Å². The van der Waals surface area contributed by atoms with Crippen molar-refractivity contribution in [1.29, 1.82) is 0 Å². The predicted molar refractivity (Wildman–Crippen MR) is 81.4 cm³/mol. The van der Waals surface area contributed by atoms with Crippen LogP contribution in [-0.4, -0.2) is 24.6 Å². The molecule has 3 rings (SSSR count). The monoisotopic (exact) mass is 288 g/mol. The van der Waals surface area contributed by atoms with Gasteiger partial charge in [0.05, 0.1) is 0 Å². The van der Waals surface area contributed by atoms with Crippen LogP contribution in [0.25, 0.3) is 0 Å². The van der Waals surface area contributed by atoms with Crippen molar-refractivity contribution >= 4 is 11.9 Å². The number of rotatable bonds is 0. The fraction of sp³-hybridized carbons (Fsp3) is 0.294. The average Bonchev–Trinajstić information content (AvgIpc) is 3.18. The first-order chi connectivity index (χ1) is 10.2. The Labute approximate surface area is 125 Å². The van der Waals surface area contributed by atoms with Crippen LogP contribution in [0.4, 0.5) is 0 Å². The number of carbonyl (C=O) groups is 2. The summed E-state index contributed by atoms with van der Waals surface area (Å²) in [5.41, 5.74) is 0. The zero-order chi connectivity index (χ0) is 15.3. The highest BCUT2D eigenvalue weighted by Crippen LogP contribution is 1.98. The zero-order valence-corrected chi connectivity index (χ0v) is 12.1. The highest BCUT2D eigenvalue weighted by atomic mass is 16.6. The van der Waals surface area contributed by atoms with Crippen LogP contribution in [0, 0.1) is 0 Å². The van der Waals surface area contributed by atoms with Crippen molar-refractivity contribution in [3.8, 4) is 0 Å². The van der Waals surface area contributed by atoms with E-state index in [1.807, 2.05) is 0 Å². The summed E-state index contributed by atoms with van der Waals surface area (Å²) < 4.78 is 9.38. The Morgan fingerprint density at radius 2 is 1.33 bits per heavy atom. The van der Waals surface area contributed by atoms with Crippen molar-refractivity contribution in [3.05, 3.63) is 60.8 Å². The molecule has 0 bridgehead atoms. The number of carbonyl (C=O) groups excluding carboxylic acids is 2. The van der Waals surface area contributed by atoms with Gasteiger partial charge in [0.1, 0.15) is 12.7 Å². The van der Waals surface area contributed by atoms with Crippen molar-refractivity contribution in [2.24, 2.45) is 0 Å². The van der Waals surface area contributed by atoms with Gasteiger partial charge in [-0.05, 0) is 19.8 Å². The first-order valence-electron chi connectivity index (χ1n) is 6.87.